The van der Waals surface area contributed by atoms with Gasteiger partial charge in [-0.3, -0.25) is 0 Å². The summed E-state index contributed by atoms with van der Waals surface area (Å²) in [5.41, 5.74) is 4.21. The Morgan fingerprint density at radius 1 is 1.13 bits per heavy atom. The van der Waals surface area contributed by atoms with Gasteiger partial charge in [0.15, 0.2) is 11.3 Å². The largest absolute Gasteiger partial charge is 0.458 e. The minimum atomic E-state index is -0.485. The van der Waals surface area contributed by atoms with Gasteiger partial charge in [0.1, 0.15) is 0 Å². The standard InChI is InChI=1S/C17H18N4O2/c1-10(2)23-17(22)15-12(4)21-16(19-18-15)14(11(3)20-21)13-8-6-5-7-9-13/h5-10H,1-4H3. The third kappa shape index (κ3) is 2.67. The van der Waals surface area contributed by atoms with Gasteiger partial charge in [0.05, 0.1) is 23.1 Å². The molecule has 6 nitrogen and oxygen atoms in total. The van der Waals surface area contributed by atoms with Crippen molar-refractivity contribution in [2.45, 2.75) is 33.8 Å². The number of carbonyl (C=O) groups is 1. The molecule has 0 N–H and O–H groups in total. The molecule has 0 atom stereocenters. The fourth-order valence-corrected chi connectivity index (χ4v) is 2.51. The van der Waals surface area contributed by atoms with Crippen molar-refractivity contribution in [2.24, 2.45) is 0 Å². The highest BCUT2D eigenvalue weighted by Crippen LogP contribution is 2.27. The lowest BCUT2D eigenvalue weighted by molar-refractivity contribution is 0.0367. The molecule has 23 heavy (non-hydrogen) atoms. The predicted octanol–water partition coefficient (Wildman–Crippen LogP) is 2.97. The molecule has 0 fully saturated rings. The van der Waals surface area contributed by atoms with E-state index in [1.165, 1.54) is 0 Å². The van der Waals surface area contributed by atoms with Crippen LogP contribution in [0.3, 0.4) is 0 Å². The molecular weight excluding hydrogens is 292 g/mol. The Bertz CT molecular complexity index is 869. The molecule has 0 saturated heterocycles. The zero-order chi connectivity index (χ0) is 16.6. The van der Waals surface area contributed by atoms with E-state index in [0.717, 1.165) is 16.8 Å². The summed E-state index contributed by atoms with van der Waals surface area (Å²) in [6, 6.07) is 9.89. The van der Waals surface area contributed by atoms with Crippen LogP contribution in [-0.2, 0) is 4.74 Å². The number of ether oxygens (including phenoxy) is 1. The van der Waals surface area contributed by atoms with Crippen LogP contribution in [0.4, 0.5) is 0 Å². The van der Waals surface area contributed by atoms with E-state index in [0.29, 0.717) is 11.3 Å². The number of rotatable bonds is 3. The van der Waals surface area contributed by atoms with Gasteiger partial charge >= 0.3 is 5.97 Å². The normalized spacial score (nSPS) is 11.2. The fourth-order valence-electron chi connectivity index (χ4n) is 2.51. The quantitative estimate of drug-likeness (QED) is 0.696. The first kappa shape index (κ1) is 15.1. The summed E-state index contributed by atoms with van der Waals surface area (Å²) in [5.74, 6) is -0.485. The van der Waals surface area contributed by atoms with E-state index in [-0.39, 0.29) is 11.8 Å². The Balaban J connectivity index is 2.16. The van der Waals surface area contributed by atoms with Crippen LogP contribution in [0.2, 0.25) is 0 Å². The molecular formula is C17H18N4O2. The summed E-state index contributed by atoms with van der Waals surface area (Å²) in [6.45, 7) is 7.30. The summed E-state index contributed by atoms with van der Waals surface area (Å²) >= 11 is 0. The van der Waals surface area contributed by atoms with Gasteiger partial charge in [-0.05, 0) is 33.3 Å². The van der Waals surface area contributed by atoms with Crippen molar-refractivity contribution in [2.75, 3.05) is 0 Å². The van der Waals surface area contributed by atoms with Crippen LogP contribution >= 0.6 is 0 Å². The van der Waals surface area contributed by atoms with Crippen LogP contribution in [0.15, 0.2) is 30.3 Å². The number of aryl methyl sites for hydroxylation is 2. The number of esters is 1. The molecule has 2 aromatic heterocycles. The SMILES string of the molecule is Cc1nn2c(C)c(C(=O)OC(C)C)nnc2c1-c1ccccc1. The predicted molar refractivity (Wildman–Crippen MR) is 86.2 cm³/mol. The van der Waals surface area contributed by atoms with Crippen molar-refractivity contribution >= 4 is 11.6 Å². The number of aromatic nitrogens is 4. The summed E-state index contributed by atoms with van der Waals surface area (Å²) in [6.07, 6.45) is -0.210. The van der Waals surface area contributed by atoms with Gasteiger partial charge < -0.3 is 4.74 Å². The molecule has 0 saturated carbocycles. The van der Waals surface area contributed by atoms with Gasteiger partial charge in [-0.2, -0.15) is 5.10 Å². The van der Waals surface area contributed by atoms with Gasteiger partial charge in [0, 0.05) is 0 Å². The summed E-state index contributed by atoms with van der Waals surface area (Å²) in [4.78, 5) is 12.1. The van der Waals surface area contributed by atoms with E-state index in [4.69, 9.17) is 4.74 Å². The Labute approximate surface area is 134 Å². The van der Waals surface area contributed by atoms with E-state index >= 15 is 0 Å². The molecule has 0 aliphatic heterocycles. The van der Waals surface area contributed by atoms with Gasteiger partial charge in [-0.25, -0.2) is 9.31 Å². The van der Waals surface area contributed by atoms with E-state index in [1.807, 2.05) is 37.3 Å². The average Bonchev–Trinajstić information content (AvgIpc) is 2.85. The molecule has 3 aromatic rings. The van der Waals surface area contributed by atoms with Crippen molar-refractivity contribution in [1.82, 2.24) is 19.8 Å². The van der Waals surface area contributed by atoms with Gasteiger partial charge in [0.25, 0.3) is 0 Å². The Morgan fingerprint density at radius 2 is 1.83 bits per heavy atom. The topological polar surface area (TPSA) is 69.4 Å². The second-order valence-electron chi connectivity index (χ2n) is 5.65. The van der Waals surface area contributed by atoms with Crippen molar-refractivity contribution < 1.29 is 9.53 Å². The molecule has 0 aliphatic rings. The molecule has 2 heterocycles. The summed E-state index contributed by atoms with van der Waals surface area (Å²) < 4.78 is 6.86. The molecule has 0 radical (unpaired) electrons. The maximum absolute atomic E-state index is 12.1. The van der Waals surface area contributed by atoms with Crippen LogP contribution in [0.5, 0.6) is 0 Å². The lowest BCUT2D eigenvalue weighted by Gasteiger charge is -2.09. The second kappa shape index (κ2) is 5.79. The molecule has 118 valence electrons. The van der Waals surface area contributed by atoms with Crippen LogP contribution in [0.25, 0.3) is 16.8 Å². The Hall–Kier alpha value is -2.76. The molecule has 1 aromatic carbocycles. The zero-order valence-electron chi connectivity index (χ0n) is 13.6. The molecule has 0 bridgehead atoms. The number of fused-ring (bicyclic) bond motifs is 1. The fraction of sp³-hybridized carbons (Fsp3) is 0.294. The highest BCUT2D eigenvalue weighted by atomic mass is 16.5. The second-order valence-corrected chi connectivity index (χ2v) is 5.65. The molecule has 6 heteroatoms. The van der Waals surface area contributed by atoms with Crippen molar-refractivity contribution in [3.05, 3.63) is 47.4 Å². The van der Waals surface area contributed by atoms with Crippen LogP contribution in [0, 0.1) is 13.8 Å². The van der Waals surface area contributed by atoms with Gasteiger partial charge in [-0.1, -0.05) is 30.3 Å². The number of hydrogen-bond acceptors (Lipinski definition) is 5. The van der Waals surface area contributed by atoms with Crippen LogP contribution in [-0.4, -0.2) is 31.9 Å². The summed E-state index contributed by atoms with van der Waals surface area (Å²) in [7, 11) is 0. The molecule has 0 unspecified atom stereocenters. The molecule has 0 spiro atoms. The number of benzene rings is 1. The van der Waals surface area contributed by atoms with Crippen molar-refractivity contribution in [1.29, 1.82) is 0 Å². The minimum Gasteiger partial charge on any atom is -0.458 e. The van der Waals surface area contributed by atoms with E-state index in [1.54, 1.807) is 25.3 Å². The zero-order valence-corrected chi connectivity index (χ0v) is 13.6. The Kier molecular flexibility index (Phi) is 3.82. The summed E-state index contributed by atoms with van der Waals surface area (Å²) in [5, 5.41) is 12.8. The highest BCUT2D eigenvalue weighted by Gasteiger charge is 2.21. The maximum atomic E-state index is 12.1. The first-order chi connectivity index (χ1) is 11.0. The molecule has 0 aliphatic carbocycles. The lowest BCUT2D eigenvalue weighted by atomic mass is 10.1. The third-order valence-electron chi connectivity index (χ3n) is 3.54. The van der Waals surface area contributed by atoms with Gasteiger partial charge in [-0.15, -0.1) is 10.2 Å². The first-order valence-corrected chi connectivity index (χ1v) is 7.48. The highest BCUT2D eigenvalue weighted by molar-refractivity contribution is 5.89. The number of hydrogen-bond donors (Lipinski definition) is 0. The van der Waals surface area contributed by atoms with Crippen molar-refractivity contribution in [3.8, 4) is 11.1 Å². The van der Waals surface area contributed by atoms with Crippen LogP contribution in [0.1, 0.15) is 35.7 Å². The average molecular weight is 310 g/mol. The van der Waals surface area contributed by atoms with E-state index < -0.39 is 5.97 Å². The lowest BCUT2D eigenvalue weighted by Crippen LogP contribution is -2.17. The Morgan fingerprint density at radius 3 is 2.48 bits per heavy atom. The van der Waals surface area contributed by atoms with E-state index in [9.17, 15) is 4.79 Å². The minimum absolute atomic E-state index is 0.188. The maximum Gasteiger partial charge on any atom is 0.361 e. The van der Waals surface area contributed by atoms with E-state index in [2.05, 4.69) is 15.3 Å². The molecule has 0 amide bonds. The van der Waals surface area contributed by atoms with Crippen LogP contribution < -0.4 is 0 Å². The monoisotopic (exact) mass is 310 g/mol. The molecule has 3 rings (SSSR count). The number of nitrogens with zero attached hydrogens (tertiary/aromatic N) is 4. The smallest absolute Gasteiger partial charge is 0.361 e. The van der Waals surface area contributed by atoms with Gasteiger partial charge in [0.2, 0.25) is 0 Å². The van der Waals surface area contributed by atoms with Crippen molar-refractivity contribution in [3.63, 3.8) is 0 Å². The first-order valence-electron chi connectivity index (χ1n) is 7.48. The number of carbonyl (C=O) groups excluding carboxylic acids is 1. The third-order valence-corrected chi connectivity index (χ3v) is 3.54.